The van der Waals surface area contributed by atoms with Gasteiger partial charge in [-0.15, -0.1) is 0 Å². The Bertz CT molecular complexity index is 161. The Morgan fingerprint density at radius 3 is 2.73 bits per heavy atom. The number of rotatable bonds is 6. The Labute approximate surface area is 94.8 Å². The Kier molecular flexibility index (Phi) is 6.26. The fourth-order valence-electron chi connectivity index (χ4n) is 2.40. The van der Waals surface area contributed by atoms with Crippen molar-refractivity contribution in [3.8, 4) is 0 Å². The van der Waals surface area contributed by atoms with E-state index in [0.29, 0.717) is 6.04 Å². The summed E-state index contributed by atoms with van der Waals surface area (Å²) in [6, 6.07) is 0.499. The van der Waals surface area contributed by atoms with E-state index in [-0.39, 0.29) is 0 Å². The molecule has 3 atom stereocenters. The fourth-order valence-corrected chi connectivity index (χ4v) is 2.40. The molecule has 0 aromatic heterocycles. The van der Waals surface area contributed by atoms with Crippen LogP contribution in [0.25, 0.3) is 0 Å². The average Bonchev–Trinajstić information content (AvgIpc) is 2.25. The van der Waals surface area contributed by atoms with E-state index in [4.69, 9.17) is 4.74 Å². The lowest BCUT2D eigenvalue weighted by Crippen LogP contribution is -2.37. The molecule has 2 heteroatoms. The van der Waals surface area contributed by atoms with Crippen molar-refractivity contribution in [1.82, 2.24) is 5.32 Å². The van der Waals surface area contributed by atoms with Gasteiger partial charge in [-0.05, 0) is 38.6 Å². The summed E-state index contributed by atoms with van der Waals surface area (Å²) in [5.74, 6) is 1.80. The molecule has 1 fully saturated rings. The van der Waals surface area contributed by atoms with Gasteiger partial charge in [0.2, 0.25) is 0 Å². The zero-order chi connectivity index (χ0) is 11.1. The van der Waals surface area contributed by atoms with Crippen LogP contribution in [0.3, 0.4) is 0 Å². The van der Waals surface area contributed by atoms with E-state index >= 15 is 0 Å². The second-order valence-corrected chi connectivity index (χ2v) is 4.99. The van der Waals surface area contributed by atoms with E-state index in [1.54, 1.807) is 0 Å². The monoisotopic (exact) mass is 213 g/mol. The lowest BCUT2D eigenvalue weighted by Gasteiger charge is -2.30. The molecule has 1 aliphatic carbocycles. The van der Waals surface area contributed by atoms with Crippen LogP contribution >= 0.6 is 0 Å². The molecule has 0 bridgehead atoms. The molecule has 3 unspecified atom stereocenters. The van der Waals surface area contributed by atoms with Crippen molar-refractivity contribution in [2.24, 2.45) is 11.8 Å². The smallest absolute Gasteiger partial charge is 0.0616 e. The summed E-state index contributed by atoms with van der Waals surface area (Å²) in [5, 5.41) is 3.59. The highest BCUT2D eigenvalue weighted by molar-refractivity contribution is 4.75. The molecule has 1 N–H and O–H groups in total. The van der Waals surface area contributed by atoms with Gasteiger partial charge in [0.25, 0.3) is 0 Å². The van der Waals surface area contributed by atoms with Crippen LogP contribution < -0.4 is 5.32 Å². The first-order chi connectivity index (χ1) is 7.24. The van der Waals surface area contributed by atoms with E-state index < -0.39 is 0 Å². The summed E-state index contributed by atoms with van der Waals surface area (Å²) >= 11 is 0. The highest BCUT2D eigenvalue weighted by Crippen LogP contribution is 2.28. The standard InChI is InChI=1S/C13H27NO/c1-4-15-10-12(3)14-9-13-8-6-5-7-11(13)2/h11-14H,4-10H2,1-3H3. The first-order valence-corrected chi connectivity index (χ1v) is 6.55. The molecule has 0 aromatic rings. The third-order valence-corrected chi connectivity index (χ3v) is 3.59. The van der Waals surface area contributed by atoms with Crippen molar-refractivity contribution in [3.05, 3.63) is 0 Å². The molecule has 90 valence electrons. The van der Waals surface area contributed by atoms with Crippen LogP contribution in [-0.4, -0.2) is 25.8 Å². The first kappa shape index (κ1) is 13.0. The van der Waals surface area contributed by atoms with Crippen LogP contribution in [0.15, 0.2) is 0 Å². The molecular weight excluding hydrogens is 186 g/mol. The topological polar surface area (TPSA) is 21.3 Å². The van der Waals surface area contributed by atoms with Gasteiger partial charge in [-0.1, -0.05) is 26.2 Å². The second kappa shape index (κ2) is 7.24. The summed E-state index contributed by atoms with van der Waals surface area (Å²) in [7, 11) is 0. The van der Waals surface area contributed by atoms with Gasteiger partial charge >= 0.3 is 0 Å². The van der Waals surface area contributed by atoms with Gasteiger partial charge in [-0.2, -0.15) is 0 Å². The molecule has 0 spiro atoms. The van der Waals surface area contributed by atoms with Gasteiger partial charge in [0.1, 0.15) is 0 Å². The summed E-state index contributed by atoms with van der Waals surface area (Å²) in [5.41, 5.74) is 0. The maximum atomic E-state index is 5.40. The molecule has 1 saturated carbocycles. The van der Waals surface area contributed by atoms with Crippen LogP contribution in [0.2, 0.25) is 0 Å². The van der Waals surface area contributed by atoms with Crippen molar-refractivity contribution in [2.45, 2.75) is 52.5 Å². The summed E-state index contributed by atoms with van der Waals surface area (Å²) in [6.07, 6.45) is 5.70. The third-order valence-electron chi connectivity index (χ3n) is 3.59. The van der Waals surface area contributed by atoms with Crippen molar-refractivity contribution in [1.29, 1.82) is 0 Å². The molecule has 0 heterocycles. The molecule has 0 amide bonds. The minimum absolute atomic E-state index is 0.499. The highest BCUT2D eigenvalue weighted by Gasteiger charge is 2.21. The normalized spacial score (nSPS) is 29.0. The number of ether oxygens (including phenoxy) is 1. The second-order valence-electron chi connectivity index (χ2n) is 4.99. The summed E-state index contributed by atoms with van der Waals surface area (Å²) in [6.45, 7) is 9.51. The Balaban J connectivity index is 2.11. The zero-order valence-electron chi connectivity index (χ0n) is 10.6. The first-order valence-electron chi connectivity index (χ1n) is 6.55. The molecule has 0 aliphatic heterocycles. The molecule has 0 saturated heterocycles. The van der Waals surface area contributed by atoms with E-state index in [0.717, 1.165) is 25.0 Å². The fraction of sp³-hybridized carbons (Fsp3) is 1.00. The maximum Gasteiger partial charge on any atom is 0.0616 e. The van der Waals surface area contributed by atoms with Crippen LogP contribution in [0, 0.1) is 11.8 Å². The Morgan fingerprint density at radius 1 is 1.33 bits per heavy atom. The van der Waals surface area contributed by atoms with Crippen molar-refractivity contribution in [3.63, 3.8) is 0 Å². The minimum atomic E-state index is 0.499. The lowest BCUT2D eigenvalue weighted by molar-refractivity contribution is 0.122. The van der Waals surface area contributed by atoms with Crippen molar-refractivity contribution >= 4 is 0 Å². The Hall–Kier alpha value is -0.0800. The highest BCUT2D eigenvalue weighted by atomic mass is 16.5. The predicted molar refractivity (Wildman–Crippen MR) is 65.1 cm³/mol. The largest absolute Gasteiger partial charge is 0.380 e. The van der Waals surface area contributed by atoms with E-state index in [1.165, 1.54) is 32.2 Å². The number of hydrogen-bond donors (Lipinski definition) is 1. The molecule has 0 radical (unpaired) electrons. The maximum absolute atomic E-state index is 5.40. The predicted octanol–water partition coefficient (Wildman–Crippen LogP) is 2.83. The Morgan fingerprint density at radius 2 is 2.07 bits per heavy atom. The van der Waals surface area contributed by atoms with Gasteiger partial charge < -0.3 is 10.1 Å². The third kappa shape index (κ3) is 4.98. The quantitative estimate of drug-likeness (QED) is 0.732. The minimum Gasteiger partial charge on any atom is -0.380 e. The van der Waals surface area contributed by atoms with E-state index in [2.05, 4.69) is 26.1 Å². The number of hydrogen-bond acceptors (Lipinski definition) is 2. The van der Waals surface area contributed by atoms with Crippen LogP contribution in [0.4, 0.5) is 0 Å². The van der Waals surface area contributed by atoms with Crippen molar-refractivity contribution < 1.29 is 4.74 Å². The average molecular weight is 213 g/mol. The SMILES string of the molecule is CCOCC(C)NCC1CCCCC1C. The molecule has 1 rings (SSSR count). The molecule has 1 aliphatic rings. The van der Waals surface area contributed by atoms with Gasteiger partial charge in [-0.25, -0.2) is 0 Å². The number of nitrogens with one attached hydrogen (secondary N) is 1. The molecule has 15 heavy (non-hydrogen) atoms. The van der Waals surface area contributed by atoms with Gasteiger partial charge in [-0.3, -0.25) is 0 Å². The van der Waals surface area contributed by atoms with Crippen LogP contribution in [0.5, 0.6) is 0 Å². The lowest BCUT2D eigenvalue weighted by atomic mass is 9.80. The van der Waals surface area contributed by atoms with Gasteiger partial charge in [0.05, 0.1) is 6.61 Å². The van der Waals surface area contributed by atoms with E-state index in [1.807, 2.05) is 0 Å². The summed E-state index contributed by atoms with van der Waals surface area (Å²) < 4.78 is 5.40. The molecule has 0 aromatic carbocycles. The van der Waals surface area contributed by atoms with Crippen LogP contribution in [0.1, 0.15) is 46.5 Å². The van der Waals surface area contributed by atoms with Crippen molar-refractivity contribution in [2.75, 3.05) is 19.8 Å². The molecule has 2 nitrogen and oxygen atoms in total. The van der Waals surface area contributed by atoms with Gasteiger partial charge in [0.15, 0.2) is 0 Å². The van der Waals surface area contributed by atoms with E-state index in [9.17, 15) is 0 Å². The van der Waals surface area contributed by atoms with Gasteiger partial charge in [0, 0.05) is 12.6 Å². The van der Waals surface area contributed by atoms with Crippen LogP contribution in [-0.2, 0) is 4.74 Å². The zero-order valence-corrected chi connectivity index (χ0v) is 10.6. The summed E-state index contributed by atoms with van der Waals surface area (Å²) in [4.78, 5) is 0. The molecular formula is C13H27NO.